The van der Waals surface area contributed by atoms with E-state index < -0.39 is 0 Å². The van der Waals surface area contributed by atoms with E-state index in [0.717, 1.165) is 48.7 Å². The largest absolute Gasteiger partial charge is 0.492 e. The van der Waals surface area contributed by atoms with Crippen molar-refractivity contribution in [2.24, 2.45) is 0 Å². The Morgan fingerprint density at radius 3 is 3.05 bits per heavy atom. The molecule has 1 aliphatic heterocycles. The molecular weight excluding hydrogens is 288 g/mol. The Morgan fingerprint density at radius 1 is 1.52 bits per heavy atom. The smallest absolute Gasteiger partial charge is 0.147 e. The molecule has 0 aliphatic carbocycles. The molecule has 5 heteroatoms. The Balaban J connectivity index is 2.15. The SMILES string of the molecule is CCOc1cccc2c1nc(C(C)Cl)n2C1CCCOC1. The number of alkyl halides is 1. The van der Waals surface area contributed by atoms with E-state index >= 15 is 0 Å². The molecule has 1 saturated heterocycles. The highest BCUT2D eigenvalue weighted by Gasteiger charge is 2.25. The molecule has 2 atom stereocenters. The highest BCUT2D eigenvalue weighted by Crippen LogP contribution is 2.34. The molecule has 2 aromatic rings. The molecule has 1 aromatic heterocycles. The maximum absolute atomic E-state index is 6.36. The third-order valence-electron chi connectivity index (χ3n) is 3.87. The lowest BCUT2D eigenvalue weighted by Crippen LogP contribution is -2.23. The lowest BCUT2D eigenvalue weighted by Gasteiger charge is -2.26. The number of benzene rings is 1. The van der Waals surface area contributed by atoms with Crippen molar-refractivity contribution in [2.45, 2.75) is 38.1 Å². The van der Waals surface area contributed by atoms with Gasteiger partial charge in [-0.1, -0.05) is 6.07 Å². The zero-order valence-electron chi connectivity index (χ0n) is 12.5. The van der Waals surface area contributed by atoms with E-state index in [-0.39, 0.29) is 5.38 Å². The third kappa shape index (κ3) is 2.74. The minimum absolute atomic E-state index is 0.145. The van der Waals surface area contributed by atoms with Crippen molar-refractivity contribution >= 4 is 22.6 Å². The summed E-state index contributed by atoms with van der Waals surface area (Å²) in [7, 11) is 0. The number of nitrogens with zero attached hydrogens (tertiary/aromatic N) is 2. The second kappa shape index (κ2) is 6.24. The van der Waals surface area contributed by atoms with Crippen molar-refractivity contribution in [3.05, 3.63) is 24.0 Å². The number of imidazole rings is 1. The molecular formula is C16H21ClN2O2. The minimum atomic E-state index is -0.145. The normalized spacial score (nSPS) is 20.6. The molecule has 0 saturated carbocycles. The Bertz CT molecular complexity index is 618. The minimum Gasteiger partial charge on any atom is -0.492 e. The maximum atomic E-state index is 6.36. The predicted octanol–water partition coefficient (Wildman–Crippen LogP) is 4.09. The summed E-state index contributed by atoms with van der Waals surface area (Å²) in [4.78, 5) is 4.76. The topological polar surface area (TPSA) is 36.3 Å². The Morgan fingerprint density at radius 2 is 2.38 bits per heavy atom. The quantitative estimate of drug-likeness (QED) is 0.798. The third-order valence-corrected chi connectivity index (χ3v) is 4.06. The van der Waals surface area contributed by atoms with Crippen molar-refractivity contribution in [3.8, 4) is 5.75 Å². The number of hydrogen-bond donors (Lipinski definition) is 0. The van der Waals surface area contributed by atoms with Gasteiger partial charge >= 0.3 is 0 Å². The van der Waals surface area contributed by atoms with Crippen molar-refractivity contribution in [1.82, 2.24) is 9.55 Å². The van der Waals surface area contributed by atoms with E-state index in [4.69, 9.17) is 26.1 Å². The van der Waals surface area contributed by atoms with Gasteiger partial charge in [-0.15, -0.1) is 11.6 Å². The molecule has 0 radical (unpaired) electrons. The number of ether oxygens (including phenoxy) is 2. The van der Waals surface area contributed by atoms with Crippen molar-refractivity contribution in [1.29, 1.82) is 0 Å². The summed E-state index contributed by atoms with van der Waals surface area (Å²) in [6, 6.07) is 6.36. The molecule has 4 nitrogen and oxygen atoms in total. The number of aromatic nitrogens is 2. The number of halogens is 1. The van der Waals surface area contributed by atoms with Gasteiger partial charge in [-0.2, -0.15) is 0 Å². The maximum Gasteiger partial charge on any atom is 0.147 e. The van der Waals surface area contributed by atoms with Crippen LogP contribution in [0.2, 0.25) is 0 Å². The van der Waals surface area contributed by atoms with E-state index in [2.05, 4.69) is 10.6 Å². The first-order chi connectivity index (χ1) is 10.2. The summed E-state index contributed by atoms with van der Waals surface area (Å²) in [5.74, 6) is 1.72. The molecule has 0 bridgehead atoms. The molecule has 1 aromatic carbocycles. The van der Waals surface area contributed by atoms with Crippen molar-refractivity contribution in [2.75, 3.05) is 19.8 Å². The highest BCUT2D eigenvalue weighted by molar-refractivity contribution is 6.20. The van der Waals surface area contributed by atoms with Gasteiger partial charge in [0.05, 0.1) is 30.1 Å². The van der Waals surface area contributed by atoms with Crippen LogP contribution in [-0.2, 0) is 4.74 Å². The molecule has 0 amide bonds. The van der Waals surface area contributed by atoms with Gasteiger partial charge in [0.25, 0.3) is 0 Å². The summed E-state index contributed by atoms with van der Waals surface area (Å²) in [6.45, 7) is 6.14. The van der Waals surface area contributed by atoms with Crippen LogP contribution in [-0.4, -0.2) is 29.4 Å². The van der Waals surface area contributed by atoms with Gasteiger partial charge in [0.1, 0.15) is 17.1 Å². The van der Waals surface area contributed by atoms with Gasteiger partial charge in [-0.05, 0) is 38.8 Å². The number of rotatable bonds is 4. The van der Waals surface area contributed by atoms with Crippen LogP contribution in [0.4, 0.5) is 0 Å². The van der Waals surface area contributed by atoms with E-state index in [1.807, 2.05) is 26.0 Å². The van der Waals surface area contributed by atoms with Crippen LogP contribution < -0.4 is 4.74 Å². The summed E-state index contributed by atoms with van der Waals surface area (Å²) < 4.78 is 13.6. The van der Waals surface area contributed by atoms with E-state index in [1.165, 1.54) is 0 Å². The number of fused-ring (bicyclic) bond motifs is 1. The van der Waals surface area contributed by atoms with Gasteiger partial charge in [0.2, 0.25) is 0 Å². The predicted molar refractivity (Wildman–Crippen MR) is 84.3 cm³/mol. The second-order valence-electron chi connectivity index (χ2n) is 5.38. The molecule has 114 valence electrons. The first-order valence-corrected chi connectivity index (χ1v) is 8.01. The molecule has 0 spiro atoms. The molecule has 1 fully saturated rings. The molecule has 0 N–H and O–H groups in total. The van der Waals surface area contributed by atoms with Crippen LogP contribution in [0.5, 0.6) is 5.75 Å². The van der Waals surface area contributed by atoms with Gasteiger partial charge < -0.3 is 14.0 Å². The van der Waals surface area contributed by atoms with Crippen LogP contribution >= 0.6 is 11.6 Å². The second-order valence-corrected chi connectivity index (χ2v) is 6.04. The Labute approximate surface area is 130 Å². The average Bonchev–Trinajstić information content (AvgIpc) is 2.89. The number of para-hydroxylation sites is 1. The van der Waals surface area contributed by atoms with E-state index in [9.17, 15) is 0 Å². The van der Waals surface area contributed by atoms with Gasteiger partial charge in [-0.25, -0.2) is 4.98 Å². The molecule has 2 unspecified atom stereocenters. The fourth-order valence-corrected chi connectivity index (χ4v) is 3.13. The van der Waals surface area contributed by atoms with Gasteiger partial charge in [0.15, 0.2) is 0 Å². The Hall–Kier alpha value is -1.26. The van der Waals surface area contributed by atoms with Crippen LogP contribution in [0.3, 0.4) is 0 Å². The Kier molecular flexibility index (Phi) is 4.36. The lowest BCUT2D eigenvalue weighted by molar-refractivity contribution is 0.0595. The van der Waals surface area contributed by atoms with Crippen molar-refractivity contribution < 1.29 is 9.47 Å². The summed E-state index contributed by atoms with van der Waals surface area (Å²) in [5.41, 5.74) is 1.98. The summed E-state index contributed by atoms with van der Waals surface area (Å²) in [5, 5.41) is -0.145. The monoisotopic (exact) mass is 308 g/mol. The van der Waals surface area contributed by atoms with Gasteiger partial charge in [0, 0.05) is 6.61 Å². The van der Waals surface area contributed by atoms with E-state index in [0.29, 0.717) is 12.6 Å². The standard InChI is InChI=1S/C16H21ClN2O2/c1-3-21-14-8-4-7-13-15(14)18-16(11(2)17)19(13)12-6-5-9-20-10-12/h4,7-8,11-12H,3,5-6,9-10H2,1-2H3. The fraction of sp³-hybridized carbons (Fsp3) is 0.562. The first kappa shape index (κ1) is 14.7. The molecule has 1 aliphatic rings. The zero-order chi connectivity index (χ0) is 14.8. The zero-order valence-corrected chi connectivity index (χ0v) is 13.3. The highest BCUT2D eigenvalue weighted by atomic mass is 35.5. The molecule has 3 rings (SSSR count). The number of hydrogen-bond acceptors (Lipinski definition) is 3. The van der Waals surface area contributed by atoms with Gasteiger partial charge in [-0.3, -0.25) is 0 Å². The summed E-state index contributed by atoms with van der Waals surface area (Å²) >= 11 is 6.36. The van der Waals surface area contributed by atoms with Crippen LogP contribution in [0.15, 0.2) is 18.2 Å². The summed E-state index contributed by atoms with van der Waals surface area (Å²) in [6.07, 6.45) is 2.17. The first-order valence-electron chi connectivity index (χ1n) is 7.57. The van der Waals surface area contributed by atoms with E-state index in [1.54, 1.807) is 0 Å². The van der Waals surface area contributed by atoms with Crippen LogP contribution in [0, 0.1) is 0 Å². The average molecular weight is 309 g/mol. The van der Waals surface area contributed by atoms with Crippen LogP contribution in [0.25, 0.3) is 11.0 Å². The lowest BCUT2D eigenvalue weighted by atomic mass is 10.1. The van der Waals surface area contributed by atoms with Crippen molar-refractivity contribution in [3.63, 3.8) is 0 Å². The molecule has 21 heavy (non-hydrogen) atoms. The van der Waals surface area contributed by atoms with Crippen LogP contribution in [0.1, 0.15) is 43.9 Å². The molecule has 2 heterocycles. The fourth-order valence-electron chi connectivity index (χ4n) is 2.97.